The zero-order valence-electron chi connectivity index (χ0n) is 8.58. The van der Waals surface area contributed by atoms with Gasteiger partial charge < -0.3 is 17.9 Å². The standard InChI is InChI=1S/C8H7BF3N2S.K/c10-9(11,12)5-15-8-13-6-3-1-2-4-7(6)14-8;/h1-4H,5H2,(H,13,14);/q-1;+1. The van der Waals surface area contributed by atoms with Crippen LogP contribution < -0.4 is 51.4 Å². The molecule has 0 aliphatic rings. The zero-order valence-corrected chi connectivity index (χ0v) is 12.5. The Labute approximate surface area is 137 Å². The maximum Gasteiger partial charge on any atom is 1.00 e. The molecule has 0 saturated carbocycles. The molecule has 1 aromatic heterocycles. The summed E-state index contributed by atoms with van der Waals surface area (Å²) in [5, 5.41) is 0.315. The third kappa shape index (κ3) is 4.08. The largest absolute Gasteiger partial charge is 1.00 e. The number of benzene rings is 1. The average molecular weight is 270 g/mol. The number of para-hydroxylation sites is 2. The van der Waals surface area contributed by atoms with E-state index < -0.39 is 12.6 Å². The van der Waals surface area contributed by atoms with Gasteiger partial charge in [-0.1, -0.05) is 12.1 Å². The van der Waals surface area contributed by atoms with Crippen LogP contribution in [0, 0.1) is 0 Å². The number of hydrogen-bond donors (Lipinski definition) is 1. The number of thioether (sulfide) groups is 1. The van der Waals surface area contributed by atoms with Crippen molar-refractivity contribution in [3.63, 3.8) is 0 Å². The number of nitrogens with zero attached hydrogens (tertiary/aromatic N) is 1. The monoisotopic (exact) mass is 270 g/mol. The molecule has 1 heterocycles. The van der Waals surface area contributed by atoms with E-state index in [1.54, 1.807) is 18.2 Å². The Morgan fingerprint density at radius 2 is 1.94 bits per heavy atom. The van der Waals surface area contributed by atoms with Crippen molar-refractivity contribution in [1.82, 2.24) is 9.97 Å². The molecule has 0 amide bonds. The molecular formula is C8H7BF3KN2S. The third-order valence-corrected chi connectivity index (χ3v) is 2.79. The number of halogens is 3. The smallest absolute Gasteiger partial charge is 0.448 e. The molecule has 2 nitrogen and oxygen atoms in total. The minimum atomic E-state index is -4.76. The topological polar surface area (TPSA) is 28.7 Å². The molecule has 80 valence electrons. The Bertz CT molecular complexity index is 440. The van der Waals surface area contributed by atoms with Crippen molar-refractivity contribution >= 4 is 29.8 Å². The molecule has 2 rings (SSSR count). The number of aromatic nitrogens is 2. The van der Waals surface area contributed by atoms with Crippen LogP contribution in [0.15, 0.2) is 29.4 Å². The maximum atomic E-state index is 12.0. The first kappa shape index (κ1) is 14.6. The van der Waals surface area contributed by atoms with E-state index in [0.717, 1.165) is 5.52 Å². The number of aromatic amines is 1. The Balaban J connectivity index is 0.00000128. The van der Waals surface area contributed by atoms with E-state index in [4.69, 9.17) is 0 Å². The van der Waals surface area contributed by atoms with Crippen LogP contribution in [-0.2, 0) is 0 Å². The van der Waals surface area contributed by atoms with Crippen LogP contribution >= 0.6 is 11.8 Å². The van der Waals surface area contributed by atoms with Crippen LogP contribution in [0.3, 0.4) is 0 Å². The minimum Gasteiger partial charge on any atom is -0.448 e. The first-order valence-electron chi connectivity index (χ1n) is 4.33. The van der Waals surface area contributed by atoms with Crippen LogP contribution in [0.1, 0.15) is 0 Å². The van der Waals surface area contributed by atoms with Gasteiger partial charge in [-0.3, -0.25) is 0 Å². The zero-order chi connectivity index (χ0) is 10.9. The molecule has 0 atom stereocenters. The van der Waals surface area contributed by atoms with E-state index in [2.05, 4.69) is 9.97 Å². The third-order valence-electron chi connectivity index (χ3n) is 1.78. The molecule has 0 aliphatic heterocycles. The van der Waals surface area contributed by atoms with E-state index in [1.165, 1.54) is 0 Å². The fourth-order valence-corrected chi connectivity index (χ4v) is 1.86. The Kier molecular flexibility index (Phi) is 5.40. The summed E-state index contributed by atoms with van der Waals surface area (Å²) >= 11 is 0.689. The van der Waals surface area contributed by atoms with Crippen LogP contribution in [-0.4, -0.2) is 22.6 Å². The second-order valence-corrected chi connectivity index (χ2v) is 4.09. The Hall–Kier alpha value is 0.531. The molecule has 0 aliphatic carbocycles. The van der Waals surface area contributed by atoms with E-state index in [1.807, 2.05) is 6.07 Å². The van der Waals surface area contributed by atoms with Gasteiger partial charge in [-0.25, -0.2) is 4.98 Å². The number of imidazole rings is 1. The molecule has 1 aromatic carbocycles. The van der Waals surface area contributed by atoms with Crippen LogP contribution in [0.4, 0.5) is 12.9 Å². The summed E-state index contributed by atoms with van der Waals surface area (Å²) in [5.74, 6) is 0. The van der Waals surface area contributed by atoms with Crippen molar-refractivity contribution in [3.05, 3.63) is 24.3 Å². The van der Waals surface area contributed by atoms with Gasteiger partial charge in [0, 0.05) is 0 Å². The Morgan fingerprint density at radius 1 is 1.25 bits per heavy atom. The van der Waals surface area contributed by atoms with Crippen molar-refractivity contribution < 1.29 is 64.3 Å². The number of H-pyrrole nitrogens is 1. The van der Waals surface area contributed by atoms with Gasteiger partial charge >= 0.3 is 58.4 Å². The Morgan fingerprint density at radius 3 is 2.56 bits per heavy atom. The van der Waals surface area contributed by atoms with E-state index >= 15 is 0 Å². The van der Waals surface area contributed by atoms with Gasteiger partial charge in [0.1, 0.15) is 0 Å². The summed E-state index contributed by atoms with van der Waals surface area (Å²) in [7, 11) is 0. The molecule has 0 fully saturated rings. The predicted molar refractivity (Wildman–Crippen MR) is 55.9 cm³/mol. The van der Waals surface area contributed by atoms with Crippen LogP contribution in [0.2, 0.25) is 0 Å². The molecule has 8 heteroatoms. The van der Waals surface area contributed by atoms with Crippen molar-refractivity contribution in [2.75, 3.05) is 5.65 Å². The second-order valence-electron chi connectivity index (χ2n) is 3.08. The molecule has 16 heavy (non-hydrogen) atoms. The maximum absolute atomic E-state index is 12.0. The summed E-state index contributed by atoms with van der Waals surface area (Å²) in [6, 6.07) is 7.15. The van der Waals surface area contributed by atoms with Crippen molar-refractivity contribution in [1.29, 1.82) is 0 Å². The molecule has 2 aromatic rings. The van der Waals surface area contributed by atoms with Gasteiger partial charge in [-0.15, -0.1) is 11.8 Å². The normalized spacial score (nSPS) is 11.4. The summed E-state index contributed by atoms with van der Waals surface area (Å²) < 4.78 is 36.0. The van der Waals surface area contributed by atoms with Gasteiger partial charge in [-0.2, -0.15) is 0 Å². The summed E-state index contributed by atoms with van der Waals surface area (Å²) in [4.78, 5) is 6.86. The van der Waals surface area contributed by atoms with Crippen molar-refractivity contribution in [3.8, 4) is 0 Å². The van der Waals surface area contributed by atoms with Crippen LogP contribution in [0.5, 0.6) is 0 Å². The molecule has 0 unspecified atom stereocenters. The van der Waals surface area contributed by atoms with Gasteiger partial charge in [0.05, 0.1) is 11.0 Å². The molecule has 1 N–H and O–H groups in total. The molecule has 0 spiro atoms. The first-order chi connectivity index (χ1) is 7.04. The van der Waals surface area contributed by atoms with Gasteiger partial charge in [0.2, 0.25) is 0 Å². The summed E-state index contributed by atoms with van der Waals surface area (Å²) in [6.45, 7) is -4.76. The van der Waals surface area contributed by atoms with Crippen LogP contribution in [0.25, 0.3) is 11.0 Å². The second kappa shape index (κ2) is 5.92. The van der Waals surface area contributed by atoms with Crippen molar-refractivity contribution in [2.24, 2.45) is 0 Å². The quantitative estimate of drug-likeness (QED) is 0.630. The minimum absolute atomic E-state index is 0. The molecule has 0 radical (unpaired) electrons. The fraction of sp³-hybridized carbons (Fsp3) is 0.125. The SMILES string of the molecule is F[B-](F)(F)CSc1nc2ccccc2[nH]1.[K+]. The molecule has 0 saturated heterocycles. The number of nitrogens with one attached hydrogen (secondary N) is 1. The van der Waals surface area contributed by atoms with Gasteiger partial charge in [-0.05, 0) is 17.8 Å². The number of rotatable bonds is 3. The van der Waals surface area contributed by atoms with E-state index in [-0.39, 0.29) is 51.4 Å². The predicted octanol–water partition coefficient (Wildman–Crippen LogP) is 0.0456. The summed E-state index contributed by atoms with van der Waals surface area (Å²) in [5.41, 5.74) is 0.587. The van der Waals surface area contributed by atoms with Crippen molar-refractivity contribution in [2.45, 2.75) is 5.16 Å². The molecule has 0 bridgehead atoms. The van der Waals surface area contributed by atoms with E-state index in [0.29, 0.717) is 22.4 Å². The number of fused-ring (bicyclic) bond motifs is 1. The average Bonchev–Trinajstić information content (AvgIpc) is 2.56. The van der Waals surface area contributed by atoms with E-state index in [9.17, 15) is 12.9 Å². The summed E-state index contributed by atoms with van der Waals surface area (Å²) in [6.07, 6.45) is 0. The fourth-order valence-electron chi connectivity index (χ4n) is 1.17. The number of hydrogen-bond acceptors (Lipinski definition) is 2. The molecular weight excluding hydrogens is 263 g/mol. The first-order valence-corrected chi connectivity index (χ1v) is 5.32. The van der Waals surface area contributed by atoms with Gasteiger partial charge in [0.25, 0.3) is 0 Å². The van der Waals surface area contributed by atoms with Gasteiger partial charge in [0.15, 0.2) is 5.16 Å².